The Bertz CT molecular complexity index is 469. The third-order valence-electron chi connectivity index (χ3n) is 2.38. The van der Waals surface area contributed by atoms with Crippen LogP contribution in [0.4, 0.5) is 0 Å². The van der Waals surface area contributed by atoms with Crippen molar-refractivity contribution in [2.45, 2.75) is 12.2 Å². The Kier molecular flexibility index (Phi) is 4.24. The molecule has 1 rings (SSSR count). The average Bonchev–Trinajstić information content (AvgIpc) is 2.36. The lowest BCUT2D eigenvalue weighted by atomic mass is 9.98. The first-order valence-corrected chi connectivity index (χ1v) is 4.87. The third-order valence-corrected chi connectivity index (χ3v) is 2.38. The number of phenolic OH excluding ortho intramolecular Hbond substituents is 1. The van der Waals surface area contributed by atoms with Gasteiger partial charge in [-0.05, 0) is 17.7 Å². The first-order valence-electron chi connectivity index (χ1n) is 4.87. The van der Waals surface area contributed by atoms with Crippen molar-refractivity contribution in [1.29, 1.82) is 0 Å². The van der Waals surface area contributed by atoms with Crippen molar-refractivity contribution in [3.05, 3.63) is 23.3 Å². The van der Waals surface area contributed by atoms with Crippen molar-refractivity contribution in [3.63, 3.8) is 0 Å². The number of aliphatic carboxylic acids is 1. The van der Waals surface area contributed by atoms with Gasteiger partial charge in [-0.15, -0.1) is 0 Å². The van der Waals surface area contributed by atoms with Crippen molar-refractivity contribution >= 4 is 12.3 Å². The maximum Gasteiger partial charge on any atom is 0.335 e. The molecule has 0 aromatic heterocycles. The second-order valence-corrected chi connectivity index (χ2v) is 3.50. The van der Waals surface area contributed by atoms with E-state index in [0.29, 0.717) is 6.29 Å². The predicted molar refractivity (Wildman–Crippen MR) is 58.6 cm³/mol. The van der Waals surface area contributed by atoms with Gasteiger partial charge in [-0.3, -0.25) is 4.79 Å². The van der Waals surface area contributed by atoms with Gasteiger partial charge in [0.25, 0.3) is 0 Å². The first kappa shape index (κ1) is 13.9. The fourth-order valence-electron chi connectivity index (χ4n) is 1.43. The monoisotopic (exact) mass is 256 g/mol. The van der Waals surface area contributed by atoms with Gasteiger partial charge < -0.3 is 25.2 Å². The Morgan fingerprint density at radius 1 is 1.39 bits per heavy atom. The maximum atomic E-state index is 10.8. The van der Waals surface area contributed by atoms with E-state index >= 15 is 0 Å². The Morgan fingerprint density at radius 3 is 2.44 bits per heavy atom. The van der Waals surface area contributed by atoms with Crippen molar-refractivity contribution in [2.24, 2.45) is 0 Å². The van der Waals surface area contributed by atoms with E-state index in [-0.39, 0.29) is 22.6 Å². The maximum absolute atomic E-state index is 10.8. The van der Waals surface area contributed by atoms with Crippen LogP contribution in [0, 0.1) is 0 Å². The zero-order chi connectivity index (χ0) is 13.9. The summed E-state index contributed by atoms with van der Waals surface area (Å²) in [6.45, 7) is 0. The molecule has 98 valence electrons. The highest BCUT2D eigenvalue weighted by atomic mass is 16.5. The molecular formula is C11H12O7. The molecule has 0 spiro atoms. The van der Waals surface area contributed by atoms with Crippen molar-refractivity contribution in [1.82, 2.24) is 0 Å². The van der Waals surface area contributed by atoms with Gasteiger partial charge in [0.2, 0.25) is 0 Å². The van der Waals surface area contributed by atoms with Gasteiger partial charge in [-0.25, -0.2) is 4.79 Å². The molecule has 2 atom stereocenters. The molecule has 0 radical (unpaired) electrons. The molecule has 0 fully saturated rings. The number of ether oxygens (including phenoxy) is 1. The van der Waals surface area contributed by atoms with E-state index in [4.69, 9.17) is 9.84 Å². The molecule has 0 saturated carbocycles. The molecule has 18 heavy (non-hydrogen) atoms. The lowest BCUT2D eigenvalue weighted by Gasteiger charge is -2.17. The number of carbonyl (C=O) groups excluding carboxylic acids is 1. The molecule has 0 bridgehead atoms. The molecule has 0 aliphatic carbocycles. The third kappa shape index (κ3) is 2.58. The summed E-state index contributed by atoms with van der Waals surface area (Å²) in [5, 5.41) is 36.9. The summed E-state index contributed by atoms with van der Waals surface area (Å²) < 4.78 is 4.77. The SMILES string of the molecule is COc1cc(C(O)C(O)C(=O)O)c(C=O)cc1O. The number of aliphatic hydroxyl groups excluding tert-OH is 2. The highest BCUT2D eigenvalue weighted by molar-refractivity contribution is 5.81. The molecule has 1 aromatic carbocycles. The second-order valence-electron chi connectivity index (χ2n) is 3.50. The molecule has 0 amide bonds. The second kappa shape index (κ2) is 5.48. The van der Waals surface area contributed by atoms with Crippen LogP contribution in [0.5, 0.6) is 11.5 Å². The van der Waals surface area contributed by atoms with Crippen LogP contribution in [0.2, 0.25) is 0 Å². The van der Waals surface area contributed by atoms with Crippen molar-refractivity contribution in [3.8, 4) is 11.5 Å². The van der Waals surface area contributed by atoms with Crippen LogP contribution in [-0.4, -0.2) is 45.9 Å². The quantitative estimate of drug-likeness (QED) is 0.533. The number of methoxy groups -OCH3 is 1. The number of rotatable bonds is 5. The molecule has 0 aliphatic heterocycles. The number of aliphatic hydroxyl groups is 2. The standard InChI is InChI=1S/C11H12O7/c1-18-8-3-6(5(4-12)2-7(8)13)9(14)10(15)11(16)17/h2-4,9-10,13-15H,1H3,(H,16,17). The van der Waals surface area contributed by atoms with Gasteiger partial charge in [0, 0.05) is 5.56 Å². The van der Waals surface area contributed by atoms with Crippen molar-refractivity contribution < 1.29 is 34.8 Å². The number of aromatic hydroxyl groups is 1. The van der Waals surface area contributed by atoms with Crippen LogP contribution < -0.4 is 4.74 Å². The number of phenols is 1. The van der Waals surface area contributed by atoms with Gasteiger partial charge in [0.1, 0.15) is 6.10 Å². The largest absolute Gasteiger partial charge is 0.504 e. The molecule has 4 N–H and O–H groups in total. The number of hydrogen-bond acceptors (Lipinski definition) is 6. The topological polar surface area (TPSA) is 124 Å². The zero-order valence-electron chi connectivity index (χ0n) is 9.40. The minimum absolute atomic E-state index is 0.0489. The Labute approximate surface area is 102 Å². The van der Waals surface area contributed by atoms with Gasteiger partial charge in [0.05, 0.1) is 7.11 Å². The van der Waals surface area contributed by atoms with E-state index in [1.54, 1.807) is 0 Å². The number of carbonyl (C=O) groups is 2. The van der Waals surface area contributed by atoms with E-state index in [2.05, 4.69) is 0 Å². The minimum atomic E-state index is -2.09. The van der Waals surface area contributed by atoms with Gasteiger partial charge in [-0.1, -0.05) is 0 Å². The van der Waals surface area contributed by atoms with E-state index in [0.717, 1.165) is 12.1 Å². The fraction of sp³-hybridized carbons (Fsp3) is 0.273. The van der Waals surface area contributed by atoms with E-state index in [1.807, 2.05) is 0 Å². The summed E-state index contributed by atoms with van der Waals surface area (Å²) >= 11 is 0. The molecular weight excluding hydrogens is 244 g/mol. The molecule has 2 unspecified atom stereocenters. The van der Waals surface area contributed by atoms with Crippen molar-refractivity contribution in [2.75, 3.05) is 7.11 Å². The van der Waals surface area contributed by atoms with Crippen LogP contribution in [0.25, 0.3) is 0 Å². The molecule has 1 aromatic rings. The number of benzene rings is 1. The lowest BCUT2D eigenvalue weighted by molar-refractivity contribution is -0.153. The lowest BCUT2D eigenvalue weighted by Crippen LogP contribution is -2.28. The van der Waals surface area contributed by atoms with E-state index < -0.39 is 18.2 Å². The molecule has 0 saturated heterocycles. The molecule has 7 heteroatoms. The van der Waals surface area contributed by atoms with Gasteiger partial charge >= 0.3 is 5.97 Å². The van der Waals surface area contributed by atoms with Crippen LogP contribution in [-0.2, 0) is 4.79 Å². The summed E-state index contributed by atoms with van der Waals surface area (Å²) in [6, 6.07) is 2.11. The molecule has 0 heterocycles. The highest BCUT2D eigenvalue weighted by Gasteiger charge is 2.28. The van der Waals surface area contributed by atoms with Crippen LogP contribution >= 0.6 is 0 Å². The van der Waals surface area contributed by atoms with E-state index in [1.165, 1.54) is 7.11 Å². The smallest absolute Gasteiger partial charge is 0.335 e. The Morgan fingerprint density at radius 2 is 2.00 bits per heavy atom. The van der Waals surface area contributed by atoms with E-state index in [9.17, 15) is 24.9 Å². The minimum Gasteiger partial charge on any atom is -0.504 e. The normalized spacial score (nSPS) is 13.7. The summed E-state index contributed by atoms with van der Waals surface area (Å²) in [6.07, 6.45) is -3.57. The summed E-state index contributed by atoms with van der Waals surface area (Å²) in [4.78, 5) is 21.3. The Balaban J connectivity index is 3.29. The van der Waals surface area contributed by atoms with Gasteiger partial charge in [0.15, 0.2) is 23.9 Å². The first-order chi connectivity index (χ1) is 8.42. The summed E-state index contributed by atoms with van der Waals surface area (Å²) in [5.74, 6) is -2.01. The Hall–Kier alpha value is -2.12. The zero-order valence-corrected chi connectivity index (χ0v) is 9.40. The van der Waals surface area contributed by atoms with Crippen LogP contribution in [0.1, 0.15) is 22.0 Å². The number of carboxylic acids is 1. The number of carboxylic acid groups (broad SMARTS) is 1. The molecule has 7 nitrogen and oxygen atoms in total. The van der Waals surface area contributed by atoms with Gasteiger partial charge in [-0.2, -0.15) is 0 Å². The predicted octanol–water partition coefficient (Wildman–Crippen LogP) is -0.308. The van der Waals surface area contributed by atoms with Crippen LogP contribution in [0.15, 0.2) is 12.1 Å². The number of hydrogen-bond donors (Lipinski definition) is 4. The summed E-state index contributed by atoms with van der Waals surface area (Å²) in [5.41, 5.74) is -0.282. The molecule has 0 aliphatic rings. The summed E-state index contributed by atoms with van der Waals surface area (Å²) in [7, 11) is 1.25. The number of aldehydes is 1. The fourth-order valence-corrected chi connectivity index (χ4v) is 1.43. The average molecular weight is 256 g/mol. The highest BCUT2D eigenvalue weighted by Crippen LogP contribution is 2.32. The van der Waals surface area contributed by atoms with Crippen LogP contribution in [0.3, 0.4) is 0 Å².